The van der Waals surface area contributed by atoms with Gasteiger partial charge in [0.1, 0.15) is 5.82 Å². The fraction of sp³-hybridized carbons (Fsp3) is 0.333. The number of aromatic nitrogens is 1. The van der Waals surface area contributed by atoms with Crippen molar-refractivity contribution >= 4 is 38.9 Å². The van der Waals surface area contributed by atoms with Crippen LogP contribution in [0.25, 0.3) is 0 Å². The van der Waals surface area contributed by atoms with E-state index in [9.17, 15) is 4.79 Å². The van der Waals surface area contributed by atoms with Crippen molar-refractivity contribution in [2.75, 3.05) is 37.6 Å². The van der Waals surface area contributed by atoms with E-state index in [1.165, 1.54) is 11.3 Å². The highest BCUT2D eigenvalue weighted by Crippen LogP contribution is 2.23. The molecule has 0 amide bonds. The summed E-state index contributed by atoms with van der Waals surface area (Å²) in [5.41, 5.74) is 0. The molecule has 6 heteroatoms. The highest BCUT2D eigenvalue weighted by Gasteiger charge is 2.21. The van der Waals surface area contributed by atoms with Gasteiger partial charge in [-0.25, -0.2) is 4.98 Å². The van der Waals surface area contributed by atoms with E-state index in [2.05, 4.69) is 30.7 Å². The van der Waals surface area contributed by atoms with Gasteiger partial charge in [0, 0.05) is 36.8 Å². The van der Waals surface area contributed by atoms with E-state index in [-0.39, 0.29) is 5.78 Å². The molecule has 0 aromatic carbocycles. The van der Waals surface area contributed by atoms with Gasteiger partial charge in [-0.05, 0) is 39.5 Å². The van der Waals surface area contributed by atoms with Crippen molar-refractivity contribution in [2.24, 2.45) is 0 Å². The number of ketones is 1. The summed E-state index contributed by atoms with van der Waals surface area (Å²) in [5.74, 6) is 1.22. The minimum Gasteiger partial charge on any atom is -0.354 e. The van der Waals surface area contributed by atoms with Gasteiger partial charge in [-0.3, -0.25) is 9.69 Å². The van der Waals surface area contributed by atoms with Gasteiger partial charge in [-0.15, -0.1) is 11.3 Å². The monoisotopic (exact) mass is 365 g/mol. The number of thiophene rings is 1. The Balaban J connectivity index is 1.55. The van der Waals surface area contributed by atoms with Crippen molar-refractivity contribution in [3.05, 3.63) is 45.2 Å². The number of piperazine rings is 1. The number of hydrogen-bond donors (Lipinski definition) is 0. The Bertz CT molecular complexity index is 608. The topological polar surface area (TPSA) is 36.4 Å². The second kappa shape index (κ2) is 6.68. The first-order valence-electron chi connectivity index (χ1n) is 6.88. The molecule has 110 valence electrons. The van der Waals surface area contributed by atoms with E-state index in [4.69, 9.17) is 0 Å². The summed E-state index contributed by atoms with van der Waals surface area (Å²) in [4.78, 5) is 21.9. The van der Waals surface area contributed by atoms with Crippen LogP contribution in [0, 0.1) is 0 Å². The number of carbonyl (C=O) groups excluding carboxylic acids is 1. The number of rotatable bonds is 4. The molecule has 0 aliphatic carbocycles. The smallest absolute Gasteiger partial charge is 0.187 e. The average molecular weight is 366 g/mol. The van der Waals surface area contributed by atoms with E-state index in [1.54, 1.807) is 0 Å². The van der Waals surface area contributed by atoms with Crippen LogP contribution in [0.4, 0.5) is 5.82 Å². The van der Waals surface area contributed by atoms with Crippen molar-refractivity contribution in [3.63, 3.8) is 0 Å². The summed E-state index contributed by atoms with van der Waals surface area (Å²) in [6.07, 6.45) is 1.82. The van der Waals surface area contributed by atoms with Crippen LogP contribution in [0.3, 0.4) is 0 Å². The first-order chi connectivity index (χ1) is 10.2. The highest BCUT2D eigenvalue weighted by molar-refractivity contribution is 9.10. The van der Waals surface area contributed by atoms with Crippen molar-refractivity contribution in [1.29, 1.82) is 0 Å². The van der Waals surface area contributed by atoms with Crippen molar-refractivity contribution in [1.82, 2.24) is 9.88 Å². The van der Waals surface area contributed by atoms with Crippen LogP contribution >= 0.6 is 27.3 Å². The molecule has 0 bridgehead atoms. The molecule has 1 aliphatic heterocycles. The third kappa shape index (κ3) is 3.51. The van der Waals surface area contributed by atoms with Gasteiger partial charge in [-0.2, -0.15) is 0 Å². The van der Waals surface area contributed by atoms with Gasteiger partial charge >= 0.3 is 0 Å². The lowest BCUT2D eigenvalue weighted by atomic mass is 10.2. The fourth-order valence-corrected chi connectivity index (χ4v) is 3.97. The van der Waals surface area contributed by atoms with E-state index in [1.807, 2.05) is 35.8 Å². The molecule has 3 rings (SSSR count). The average Bonchev–Trinajstić information content (AvgIpc) is 2.95. The van der Waals surface area contributed by atoms with Gasteiger partial charge < -0.3 is 4.90 Å². The molecule has 3 heterocycles. The number of anilines is 1. The number of halogens is 1. The maximum atomic E-state index is 12.3. The highest BCUT2D eigenvalue weighted by atomic mass is 79.9. The van der Waals surface area contributed by atoms with Crippen LogP contribution < -0.4 is 4.90 Å². The maximum absolute atomic E-state index is 12.3. The van der Waals surface area contributed by atoms with E-state index in [0.29, 0.717) is 6.54 Å². The van der Waals surface area contributed by atoms with Crippen molar-refractivity contribution < 1.29 is 4.79 Å². The standard InChI is InChI=1S/C15H16BrN3OS/c16-12-4-10-21-15(12)13(20)11-18-6-8-19(9-7-18)14-3-1-2-5-17-14/h1-5,10H,6-9,11H2. The Kier molecular flexibility index (Phi) is 4.67. The van der Waals surface area contributed by atoms with Crippen LogP contribution in [0.1, 0.15) is 9.67 Å². The van der Waals surface area contributed by atoms with Crippen LogP contribution in [0.5, 0.6) is 0 Å². The van der Waals surface area contributed by atoms with Gasteiger partial charge in [0.2, 0.25) is 0 Å². The predicted octanol–water partition coefficient (Wildman–Crippen LogP) is 2.91. The fourth-order valence-electron chi connectivity index (χ4n) is 2.44. The first-order valence-corrected chi connectivity index (χ1v) is 8.56. The molecular formula is C15H16BrN3OS. The molecule has 2 aromatic rings. The molecule has 4 nitrogen and oxygen atoms in total. The lowest BCUT2D eigenvalue weighted by Gasteiger charge is -2.34. The third-order valence-corrected chi connectivity index (χ3v) is 5.46. The summed E-state index contributed by atoms with van der Waals surface area (Å²) in [6, 6.07) is 7.89. The molecule has 0 spiro atoms. The van der Waals surface area contributed by atoms with Gasteiger partial charge in [0.25, 0.3) is 0 Å². The minimum atomic E-state index is 0.197. The first kappa shape index (κ1) is 14.7. The molecule has 0 saturated carbocycles. The van der Waals surface area contributed by atoms with Gasteiger partial charge in [0.05, 0.1) is 11.4 Å². The van der Waals surface area contributed by atoms with E-state index >= 15 is 0 Å². The Morgan fingerprint density at radius 1 is 1.24 bits per heavy atom. The molecule has 2 aromatic heterocycles. The predicted molar refractivity (Wildman–Crippen MR) is 89.2 cm³/mol. The molecule has 1 saturated heterocycles. The van der Waals surface area contributed by atoms with Crippen LogP contribution in [0.2, 0.25) is 0 Å². The number of nitrogens with zero attached hydrogens (tertiary/aromatic N) is 3. The van der Waals surface area contributed by atoms with E-state index < -0.39 is 0 Å². The molecule has 1 fully saturated rings. The quantitative estimate of drug-likeness (QED) is 0.780. The number of hydrogen-bond acceptors (Lipinski definition) is 5. The normalized spacial score (nSPS) is 16.1. The van der Waals surface area contributed by atoms with Crippen LogP contribution in [0.15, 0.2) is 40.3 Å². The van der Waals surface area contributed by atoms with Crippen LogP contribution in [-0.2, 0) is 0 Å². The van der Waals surface area contributed by atoms with E-state index in [0.717, 1.165) is 41.3 Å². The van der Waals surface area contributed by atoms with Crippen molar-refractivity contribution in [2.45, 2.75) is 0 Å². The zero-order chi connectivity index (χ0) is 14.7. The largest absolute Gasteiger partial charge is 0.354 e. The lowest BCUT2D eigenvalue weighted by Crippen LogP contribution is -2.48. The Hall–Kier alpha value is -1.24. The number of pyridine rings is 1. The molecule has 0 radical (unpaired) electrons. The molecule has 21 heavy (non-hydrogen) atoms. The summed E-state index contributed by atoms with van der Waals surface area (Å²) in [7, 11) is 0. The second-order valence-corrected chi connectivity index (χ2v) is 6.74. The molecule has 0 atom stereocenters. The molecule has 0 N–H and O–H groups in total. The number of Topliss-reactive ketones (excluding diaryl/α,β-unsaturated/α-hetero) is 1. The zero-order valence-corrected chi connectivity index (χ0v) is 13.9. The van der Waals surface area contributed by atoms with Gasteiger partial charge in [-0.1, -0.05) is 6.07 Å². The maximum Gasteiger partial charge on any atom is 0.187 e. The van der Waals surface area contributed by atoms with Crippen molar-refractivity contribution in [3.8, 4) is 0 Å². The third-order valence-electron chi connectivity index (χ3n) is 3.58. The van der Waals surface area contributed by atoms with Gasteiger partial charge in [0.15, 0.2) is 5.78 Å². The lowest BCUT2D eigenvalue weighted by molar-refractivity contribution is 0.0929. The van der Waals surface area contributed by atoms with Crippen LogP contribution in [-0.4, -0.2) is 48.4 Å². The Morgan fingerprint density at radius 3 is 2.67 bits per heavy atom. The number of carbonyl (C=O) groups is 1. The molecular weight excluding hydrogens is 350 g/mol. The summed E-state index contributed by atoms with van der Waals surface area (Å²) in [5, 5.41) is 1.94. The Labute approximate surface area is 136 Å². The summed E-state index contributed by atoms with van der Waals surface area (Å²) < 4.78 is 0.907. The minimum absolute atomic E-state index is 0.197. The Morgan fingerprint density at radius 2 is 2.05 bits per heavy atom. The zero-order valence-electron chi connectivity index (χ0n) is 11.5. The summed E-state index contributed by atoms with van der Waals surface area (Å²) >= 11 is 4.93. The summed E-state index contributed by atoms with van der Waals surface area (Å²) in [6.45, 7) is 4.11. The SMILES string of the molecule is O=C(CN1CCN(c2ccccn2)CC1)c1sccc1Br. The molecule has 0 unspecified atom stereocenters. The molecule has 1 aliphatic rings. The second-order valence-electron chi connectivity index (χ2n) is 4.97.